The molecule has 0 aromatic heterocycles. The number of amides is 2. The van der Waals surface area contributed by atoms with Gasteiger partial charge in [0, 0.05) is 36.5 Å². The Bertz CT molecular complexity index is 1720. The highest BCUT2D eigenvalue weighted by molar-refractivity contribution is 7.91. The third kappa shape index (κ3) is 5.96. The predicted octanol–water partition coefficient (Wildman–Crippen LogP) is 5.69. The van der Waals surface area contributed by atoms with E-state index in [0.29, 0.717) is 60.1 Å². The molecule has 3 N–H and O–H groups in total. The molecule has 1 spiro atoms. The lowest BCUT2D eigenvalue weighted by Crippen LogP contribution is -2.49. The Balaban J connectivity index is 1.12. The molecule has 0 unspecified atom stereocenters. The molecule has 47 heavy (non-hydrogen) atoms. The Kier molecular flexibility index (Phi) is 7.78. The van der Waals surface area contributed by atoms with Gasteiger partial charge in [0.1, 0.15) is 17.7 Å². The normalized spacial score (nSPS) is 27.7. The van der Waals surface area contributed by atoms with E-state index in [1.165, 1.54) is 6.07 Å². The second kappa shape index (κ2) is 11.3. The highest BCUT2D eigenvalue weighted by Crippen LogP contribution is 2.49. The van der Waals surface area contributed by atoms with Gasteiger partial charge in [-0.1, -0.05) is 18.2 Å². The average molecular weight is 670 g/mol. The Labute approximate surface area is 275 Å². The molecule has 4 saturated carbocycles. The zero-order chi connectivity index (χ0) is 33.4. The summed E-state index contributed by atoms with van der Waals surface area (Å²) in [7, 11) is -3.84. The van der Waals surface area contributed by atoms with E-state index in [-0.39, 0.29) is 42.4 Å². The van der Waals surface area contributed by atoms with E-state index in [2.05, 4.69) is 15.4 Å². The highest BCUT2D eigenvalue weighted by atomic mass is 32.2. The van der Waals surface area contributed by atoms with Crippen molar-refractivity contribution in [3.63, 3.8) is 0 Å². The van der Waals surface area contributed by atoms with Gasteiger partial charge in [-0.05, 0) is 119 Å². The zero-order valence-electron chi connectivity index (χ0n) is 27.4. The molecule has 11 heteroatoms. The number of hydrogen-bond donors (Lipinski definition) is 3. The van der Waals surface area contributed by atoms with Crippen molar-refractivity contribution in [1.29, 1.82) is 0 Å². The standard InChI is InChI=1S/C36H45F2N3O5S/c1-33(2,31(42)41-47(44,45)34(3)16-17-34)23-10-13-29(27(18-23)26-6-4-7-28(37)30(26)22-8-9-22)46-25-12-11-24(19-25)40-32(43)36(38)20-35(39-21-36)14-5-15-35/h4,6-7,10,13,18,22,24-25,39H,5,8-9,11-12,14-17,19-21H2,1-3H3,(H,40,43)(H,41,42)/t24-,25-,36-/m1/s1. The van der Waals surface area contributed by atoms with Crippen molar-refractivity contribution >= 4 is 21.8 Å². The van der Waals surface area contributed by atoms with Crippen LogP contribution in [0.5, 0.6) is 5.75 Å². The second-order valence-corrected chi connectivity index (χ2v) is 17.7. The van der Waals surface area contributed by atoms with Crippen molar-refractivity contribution in [2.45, 2.75) is 131 Å². The van der Waals surface area contributed by atoms with Gasteiger partial charge in [0.15, 0.2) is 0 Å². The van der Waals surface area contributed by atoms with Crippen molar-refractivity contribution in [3.8, 4) is 16.9 Å². The van der Waals surface area contributed by atoms with Crippen LogP contribution in [0.15, 0.2) is 36.4 Å². The fourth-order valence-corrected chi connectivity index (χ4v) is 8.90. The number of nitrogens with one attached hydrogen (secondary N) is 3. The Morgan fingerprint density at radius 2 is 1.77 bits per heavy atom. The first-order valence-corrected chi connectivity index (χ1v) is 18.5. The quantitative estimate of drug-likeness (QED) is 0.300. The van der Waals surface area contributed by atoms with E-state index in [4.69, 9.17) is 4.74 Å². The summed E-state index contributed by atoms with van der Waals surface area (Å²) in [5.74, 6) is -0.881. The zero-order valence-corrected chi connectivity index (χ0v) is 28.2. The number of carbonyl (C=O) groups is 2. The van der Waals surface area contributed by atoms with Gasteiger partial charge in [0.05, 0.1) is 10.2 Å². The maximum atomic E-state index is 15.6. The Morgan fingerprint density at radius 1 is 1.02 bits per heavy atom. The summed E-state index contributed by atoms with van der Waals surface area (Å²) in [4.78, 5) is 26.5. The summed E-state index contributed by atoms with van der Waals surface area (Å²) >= 11 is 0. The summed E-state index contributed by atoms with van der Waals surface area (Å²) in [6, 6.07) is 10.1. The van der Waals surface area contributed by atoms with Crippen LogP contribution in [0, 0.1) is 5.82 Å². The van der Waals surface area contributed by atoms with E-state index in [1.807, 2.05) is 12.1 Å². The van der Waals surface area contributed by atoms with Crippen molar-refractivity contribution < 1.29 is 31.5 Å². The van der Waals surface area contributed by atoms with Crippen LogP contribution in [0.4, 0.5) is 8.78 Å². The molecule has 0 bridgehead atoms. The van der Waals surface area contributed by atoms with Crippen LogP contribution in [0.2, 0.25) is 0 Å². The molecule has 4 aliphatic carbocycles. The molecule has 254 valence electrons. The first-order valence-electron chi connectivity index (χ1n) is 17.1. The lowest BCUT2D eigenvalue weighted by atomic mass is 9.74. The summed E-state index contributed by atoms with van der Waals surface area (Å²) in [6.07, 6.45) is 7.38. The molecule has 1 aliphatic heterocycles. The third-order valence-electron chi connectivity index (χ3n) is 11.5. The molecule has 0 radical (unpaired) electrons. The molecular weight excluding hydrogens is 624 g/mol. The van der Waals surface area contributed by atoms with Gasteiger partial charge in [-0.25, -0.2) is 17.2 Å². The molecule has 8 nitrogen and oxygen atoms in total. The lowest BCUT2D eigenvalue weighted by molar-refractivity contribution is -0.133. The first kappa shape index (κ1) is 32.5. The molecular formula is C36H45F2N3O5S. The number of alkyl halides is 1. The smallest absolute Gasteiger partial charge is 0.259 e. The summed E-state index contributed by atoms with van der Waals surface area (Å²) < 4.78 is 64.7. The van der Waals surface area contributed by atoms with Crippen LogP contribution < -0.4 is 20.1 Å². The van der Waals surface area contributed by atoms with Gasteiger partial charge in [-0.15, -0.1) is 0 Å². The Morgan fingerprint density at radius 3 is 2.40 bits per heavy atom. The molecule has 7 rings (SSSR count). The number of halogens is 2. The van der Waals surface area contributed by atoms with E-state index in [9.17, 15) is 18.0 Å². The number of benzene rings is 2. The van der Waals surface area contributed by atoms with Crippen LogP contribution in [0.25, 0.3) is 11.1 Å². The minimum Gasteiger partial charge on any atom is -0.490 e. The van der Waals surface area contributed by atoms with Gasteiger partial charge < -0.3 is 15.4 Å². The van der Waals surface area contributed by atoms with Gasteiger partial charge in [-0.3, -0.25) is 14.3 Å². The lowest BCUT2D eigenvalue weighted by Gasteiger charge is -2.38. The summed E-state index contributed by atoms with van der Waals surface area (Å²) in [5, 5.41) is 6.20. The van der Waals surface area contributed by atoms with Crippen molar-refractivity contribution in [1.82, 2.24) is 15.4 Å². The van der Waals surface area contributed by atoms with Gasteiger partial charge in [-0.2, -0.15) is 0 Å². The molecule has 5 fully saturated rings. The minimum absolute atomic E-state index is 0.0395. The summed E-state index contributed by atoms with van der Waals surface area (Å²) in [5.41, 5.74) is -0.881. The maximum absolute atomic E-state index is 15.6. The fraction of sp³-hybridized carbons (Fsp3) is 0.611. The second-order valence-electron chi connectivity index (χ2n) is 15.5. The molecule has 2 aromatic rings. The van der Waals surface area contributed by atoms with Gasteiger partial charge >= 0.3 is 0 Å². The highest BCUT2D eigenvalue weighted by Gasteiger charge is 2.56. The molecule has 2 amide bonds. The van der Waals surface area contributed by atoms with Crippen LogP contribution in [0.1, 0.15) is 108 Å². The van der Waals surface area contributed by atoms with Crippen LogP contribution >= 0.6 is 0 Å². The number of rotatable bonds is 10. The first-order chi connectivity index (χ1) is 22.1. The monoisotopic (exact) mass is 669 g/mol. The SMILES string of the molecule is CC(C)(C(=O)NS(=O)(=O)C1(C)CC1)c1ccc(O[C@@H]2CC[C@@H](NC(=O)[C@]3(F)CNC4(CCC4)C3)C2)c(-c2cccc(F)c2C2CC2)c1. The largest absolute Gasteiger partial charge is 0.490 e. The number of ether oxygens (including phenoxy) is 1. The van der Waals surface area contributed by atoms with Gasteiger partial charge in [0.2, 0.25) is 21.6 Å². The summed E-state index contributed by atoms with van der Waals surface area (Å²) in [6.45, 7) is 5.02. The van der Waals surface area contributed by atoms with Crippen LogP contribution in [-0.4, -0.2) is 54.9 Å². The minimum atomic E-state index is -3.84. The fourth-order valence-electron chi connectivity index (χ4n) is 7.52. The number of carbonyl (C=O) groups excluding carboxylic acids is 2. The van der Waals surface area contributed by atoms with E-state index < -0.39 is 37.7 Å². The number of hydrogen-bond acceptors (Lipinski definition) is 6. The van der Waals surface area contributed by atoms with Gasteiger partial charge in [0.25, 0.3) is 5.91 Å². The van der Waals surface area contributed by atoms with Crippen LogP contribution in [0.3, 0.4) is 0 Å². The van der Waals surface area contributed by atoms with Crippen molar-refractivity contribution in [2.75, 3.05) is 6.54 Å². The molecule has 2 aromatic carbocycles. The Hall–Kier alpha value is -3.05. The predicted molar refractivity (Wildman–Crippen MR) is 175 cm³/mol. The molecule has 5 aliphatic rings. The maximum Gasteiger partial charge on any atom is 0.259 e. The van der Waals surface area contributed by atoms with E-state index in [1.54, 1.807) is 39.0 Å². The molecule has 1 heterocycles. The molecule has 1 saturated heterocycles. The van der Waals surface area contributed by atoms with Crippen molar-refractivity contribution in [3.05, 3.63) is 53.3 Å². The topological polar surface area (TPSA) is 114 Å². The van der Waals surface area contributed by atoms with E-state index >= 15 is 8.78 Å². The van der Waals surface area contributed by atoms with E-state index in [0.717, 1.165) is 32.1 Å². The van der Waals surface area contributed by atoms with Crippen LogP contribution in [-0.2, 0) is 25.0 Å². The van der Waals surface area contributed by atoms with Crippen molar-refractivity contribution in [2.24, 2.45) is 0 Å². The molecule has 3 atom stereocenters. The third-order valence-corrected chi connectivity index (χ3v) is 13.7. The number of sulfonamides is 1. The average Bonchev–Trinajstić information content (AvgIpc) is 3.91.